The number of likely N-dealkylation sites (tertiary alicyclic amines) is 1. The Morgan fingerprint density at radius 2 is 2.20 bits per heavy atom. The van der Waals surface area contributed by atoms with Crippen molar-refractivity contribution >= 4 is 34.8 Å². The van der Waals surface area contributed by atoms with Gasteiger partial charge >= 0.3 is 6.09 Å². The topological polar surface area (TPSA) is 98.1 Å². The van der Waals surface area contributed by atoms with Gasteiger partial charge in [-0.3, -0.25) is 0 Å². The van der Waals surface area contributed by atoms with E-state index in [1.807, 2.05) is 32.9 Å². The third kappa shape index (κ3) is 8.41. The minimum Gasteiger partial charge on any atom is -0.591 e. The molecule has 30 heavy (non-hydrogen) atoms. The van der Waals surface area contributed by atoms with Crippen molar-refractivity contribution in [2.45, 2.75) is 70.1 Å². The first-order chi connectivity index (χ1) is 14.2. The van der Waals surface area contributed by atoms with Crippen LogP contribution in [0.4, 0.5) is 4.79 Å². The quantitative estimate of drug-likeness (QED) is 0.241. The fourth-order valence-corrected chi connectivity index (χ4v) is 3.98. The van der Waals surface area contributed by atoms with Gasteiger partial charge in [0, 0.05) is 19.3 Å². The number of hydrogen-bond donors (Lipinski definition) is 1. The first-order valence-corrected chi connectivity index (χ1v) is 11.8. The van der Waals surface area contributed by atoms with Gasteiger partial charge < -0.3 is 19.3 Å². The van der Waals surface area contributed by atoms with E-state index in [0.29, 0.717) is 37.7 Å². The third-order valence-corrected chi connectivity index (χ3v) is 6.70. The molecule has 1 saturated heterocycles. The second-order valence-electron chi connectivity index (χ2n) is 8.44. The molecule has 0 saturated carbocycles. The monoisotopic (exact) mass is 457 g/mol. The maximum atomic E-state index is 12.5. The fraction of sp³-hybridized carbons (Fsp3) is 0.667. The molecule has 2 rings (SSSR count). The molecule has 2 heterocycles. The van der Waals surface area contributed by atoms with E-state index in [-0.39, 0.29) is 6.10 Å². The Hall–Kier alpha value is -1.35. The summed E-state index contributed by atoms with van der Waals surface area (Å²) in [5.74, 6) is 0. The van der Waals surface area contributed by atoms with Gasteiger partial charge in [0.15, 0.2) is 0 Å². The molecule has 1 aromatic heterocycles. The number of aryl methyl sites for hydroxylation is 1. The highest BCUT2D eigenvalue weighted by Crippen LogP contribution is 2.21. The summed E-state index contributed by atoms with van der Waals surface area (Å²) in [6.45, 7) is 7.31. The van der Waals surface area contributed by atoms with Crippen molar-refractivity contribution in [3.8, 4) is 0 Å². The van der Waals surface area contributed by atoms with E-state index in [1.54, 1.807) is 6.20 Å². The Balaban J connectivity index is 1.81. The zero-order valence-corrected chi connectivity index (χ0v) is 19.5. The Morgan fingerprint density at radius 3 is 2.83 bits per heavy atom. The molecule has 0 bridgehead atoms. The molecule has 1 aliphatic heterocycles. The van der Waals surface area contributed by atoms with Crippen LogP contribution in [0.2, 0.25) is 5.15 Å². The zero-order chi connectivity index (χ0) is 22.1. The minimum atomic E-state index is -1.30. The summed E-state index contributed by atoms with van der Waals surface area (Å²) in [7, 11) is 0. The summed E-state index contributed by atoms with van der Waals surface area (Å²) in [5.41, 5.74) is 1.88. The van der Waals surface area contributed by atoms with Gasteiger partial charge in [0.1, 0.15) is 21.3 Å². The lowest BCUT2D eigenvalue weighted by Gasteiger charge is -2.19. The van der Waals surface area contributed by atoms with Crippen molar-refractivity contribution in [3.05, 3.63) is 29.0 Å². The highest BCUT2D eigenvalue weighted by Gasteiger charge is 2.27. The summed E-state index contributed by atoms with van der Waals surface area (Å²) in [5, 5.41) is 9.50. The average Bonchev–Trinajstić information content (AvgIpc) is 3.15. The smallest absolute Gasteiger partial charge is 0.407 e. The number of nitrogens with zero attached hydrogens (tertiary/aromatic N) is 3. The number of pyridine rings is 1. The van der Waals surface area contributed by atoms with Gasteiger partial charge in [-0.2, -0.15) is 0 Å². The summed E-state index contributed by atoms with van der Waals surface area (Å²) in [4.78, 5) is 16.5. The van der Waals surface area contributed by atoms with Gasteiger partial charge in [-0.05, 0) is 70.9 Å². The predicted molar refractivity (Wildman–Crippen MR) is 121 cm³/mol. The van der Waals surface area contributed by atoms with Crippen LogP contribution in [0.15, 0.2) is 22.7 Å². The lowest BCUT2D eigenvalue weighted by molar-refractivity contribution is 0.0565. The molecule has 9 heteroatoms. The first-order valence-electron chi connectivity index (χ1n) is 10.3. The van der Waals surface area contributed by atoms with Crippen LogP contribution < -0.4 is 0 Å². The molecule has 0 aliphatic carbocycles. The van der Waals surface area contributed by atoms with E-state index in [1.165, 1.54) is 4.90 Å². The Morgan fingerprint density at radius 1 is 1.43 bits per heavy atom. The lowest BCUT2D eigenvalue weighted by Crippen LogP contribution is -2.28. The van der Waals surface area contributed by atoms with Crippen LogP contribution in [0.1, 0.15) is 58.4 Å². The highest BCUT2D eigenvalue weighted by atomic mass is 35.5. The molecule has 7 nitrogen and oxygen atoms in total. The van der Waals surface area contributed by atoms with Crippen molar-refractivity contribution in [1.29, 1.82) is 0 Å². The van der Waals surface area contributed by atoms with E-state index >= 15 is 0 Å². The number of unbranched alkanes of at least 4 members (excludes halogenated alkanes) is 1. The van der Waals surface area contributed by atoms with Crippen LogP contribution in [0.3, 0.4) is 0 Å². The zero-order valence-electron chi connectivity index (χ0n) is 18.0. The maximum absolute atomic E-state index is 12.5. The fourth-order valence-electron chi connectivity index (χ4n) is 3.07. The second kappa shape index (κ2) is 11.9. The molecule has 0 spiro atoms. The molecule has 1 fully saturated rings. The number of carboxylic acid groups (broad SMARTS) is 1. The summed E-state index contributed by atoms with van der Waals surface area (Å²) in [6, 6.07) is 3.81. The number of rotatable bonds is 10. The van der Waals surface area contributed by atoms with Crippen molar-refractivity contribution < 1.29 is 19.2 Å². The van der Waals surface area contributed by atoms with Crippen LogP contribution in [0, 0.1) is 0 Å². The van der Waals surface area contributed by atoms with Crippen LogP contribution in [0.25, 0.3) is 0 Å². The Labute approximate surface area is 187 Å². The van der Waals surface area contributed by atoms with Gasteiger partial charge in [0.05, 0.1) is 18.4 Å². The molecule has 0 aromatic carbocycles. The lowest BCUT2D eigenvalue weighted by atomic mass is 10.0. The Bertz CT molecular complexity index is 726. The van der Waals surface area contributed by atoms with Gasteiger partial charge in [-0.1, -0.05) is 22.1 Å². The normalized spacial score (nSPS) is 18.6. The van der Waals surface area contributed by atoms with Crippen molar-refractivity contribution in [1.82, 2.24) is 9.88 Å². The number of halogens is 1. The summed E-state index contributed by atoms with van der Waals surface area (Å²) < 4.78 is 22.4. The number of aromatic nitrogens is 1. The Kier molecular flexibility index (Phi) is 9.87. The predicted octanol–water partition coefficient (Wildman–Crippen LogP) is 4.51. The molecule has 1 unspecified atom stereocenters. The highest BCUT2D eigenvalue weighted by molar-refractivity contribution is 7.91. The second-order valence-corrected chi connectivity index (χ2v) is 10.7. The van der Waals surface area contributed by atoms with Crippen LogP contribution in [0.5, 0.6) is 0 Å². The average molecular weight is 458 g/mol. The van der Waals surface area contributed by atoms with Crippen molar-refractivity contribution in [3.63, 3.8) is 0 Å². The molecular weight excluding hydrogens is 426 g/mol. The molecule has 1 N–H and O–H groups in total. The van der Waals surface area contributed by atoms with E-state index in [9.17, 15) is 9.35 Å². The molecule has 1 aromatic rings. The molecule has 168 valence electrons. The van der Waals surface area contributed by atoms with Crippen LogP contribution >= 0.6 is 11.6 Å². The molecule has 0 radical (unpaired) electrons. The third-order valence-electron chi connectivity index (χ3n) is 4.88. The van der Waals surface area contributed by atoms with E-state index in [2.05, 4.69) is 9.38 Å². The van der Waals surface area contributed by atoms with Gasteiger partial charge in [0.2, 0.25) is 0 Å². The van der Waals surface area contributed by atoms with Crippen LogP contribution in [-0.2, 0) is 22.5 Å². The van der Waals surface area contributed by atoms with E-state index in [0.717, 1.165) is 37.0 Å². The number of ether oxygens (including phenoxy) is 1. The van der Waals surface area contributed by atoms with Crippen molar-refractivity contribution in [2.24, 2.45) is 4.40 Å². The summed E-state index contributed by atoms with van der Waals surface area (Å²) in [6.07, 6.45) is 5.35. The van der Waals surface area contributed by atoms with Gasteiger partial charge in [-0.25, -0.2) is 9.78 Å². The summed E-state index contributed by atoms with van der Waals surface area (Å²) >= 11 is 4.85. The molecular formula is C21H32ClN3O4S. The first kappa shape index (κ1) is 24.9. The minimum absolute atomic E-state index is 0.0182. The number of amides is 1. The van der Waals surface area contributed by atoms with E-state index in [4.69, 9.17) is 21.4 Å². The van der Waals surface area contributed by atoms with Gasteiger partial charge in [0.25, 0.3) is 0 Å². The van der Waals surface area contributed by atoms with Gasteiger partial charge in [-0.15, -0.1) is 0 Å². The maximum Gasteiger partial charge on any atom is 0.407 e. The number of hydrogen-bond acceptors (Lipinski definition) is 5. The van der Waals surface area contributed by atoms with Crippen molar-refractivity contribution in [2.75, 3.05) is 19.7 Å². The number of carbonyl (C=O) groups is 1. The van der Waals surface area contributed by atoms with E-state index < -0.39 is 22.2 Å². The van der Waals surface area contributed by atoms with Crippen LogP contribution in [-0.4, -0.2) is 61.9 Å². The largest absolute Gasteiger partial charge is 0.591 e. The molecule has 1 aliphatic rings. The molecule has 1 amide bonds. The standard InChI is InChI=1S/C21H32ClN3O4S/c1-21(2,3)30(28)24-17(10-9-16-7-6-12-23-19(16)22)8-4-5-14-29-18-11-13-25(15-18)20(26)27/h6-7,12,18H,4-5,8-11,13-15H2,1-3H3,(H,26,27)/b24-17-/t18-,30?/m1/s1. The SMILES string of the molecule is CC(C)(C)[S+]([O-])/N=C(/CCCCO[C@@H]1CCN(C(=O)O)C1)CCc1cccnc1Cl. The molecule has 2 atom stereocenters.